The van der Waals surface area contributed by atoms with Gasteiger partial charge < -0.3 is 5.73 Å². The molecule has 0 aliphatic carbocycles. The SMILES string of the molecule is CCc1nc(-c2sccc2Br)nc(N)c1C. The van der Waals surface area contributed by atoms with Crippen LogP contribution in [0.15, 0.2) is 15.9 Å². The Bertz CT molecular complexity index is 522. The highest BCUT2D eigenvalue weighted by Crippen LogP contribution is 2.32. The fourth-order valence-electron chi connectivity index (χ4n) is 1.48. The molecule has 0 radical (unpaired) electrons. The molecule has 16 heavy (non-hydrogen) atoms. The Morgan fingerprint density at radius 1 is 1.44 bits per heavy atom. The molecule has 0 spiro atoms. The number of nitrogen functional groups attached to an aromatic ring is 1. The van der Waals surface area contributed by atoms with Crippen molar-refractivity contribution < 1.29 is 0 Å². The van der Waals surface area contributed by atoms with Crippen LogP contribution in [0, 0.1) is 6.92 Å². The zero-order chi connectivity index (χ0) is 11.7. The second-order valence-electron chi connectivity index (χ2n) is 3.46. The number of hydrogen-bond donors (Lipinski definition) is 1. The number of halogens is 1. The van der Waals surface area contributed by atoms with Crippen molar-refractivity contribution in [3.63, 3.8) is 0 Å². The van der Waals surface area contributed by atoms with Gasteiger partial charge in [-0.25, -0.2) is 9.97 Å². The van der Waals surface area contributed by atoms with Crippen LogP contribution in [0.5, 0.6) is 0 Å². The Balaban J connectivity index is 2.59. The Morgan fingerprint density at radius 3 is 2.75 bits per heavy atom. The third kappa shape index (κ3) is 1.97. The van der Waals surface area contributed by atoms with Crippen molar-refractivity contribution in [2.24, 2.45) is 0 Å². The predicted molar refractivity (Wildman–Crippen MR) is 71.6 cm³/mol. The van der Waals surface area contributed by atoms with E-state index in [1.54, 1.807) is 11.3 Å². The van der Waals surface area contributed by atoms with E-state index in [1.165, 1.54) is 0 Å². The number of thiophene rings is 1. The summed E-state index contributed by atoms with van der Waals surface area (Å²) in [6.07, 6.45) is 0.870. The van der Waals surface area contributed by atoms with Gasteiger partial charge in [0, 0.05) is 15.7 Å². The van der Waals surface area contributed by atoms with E-state index in [2.05, 4.69) is 32.8 Å². The number of nitrogens with two attached hydrogens (primary N) is 1. The molecule has 0 aromatic carbocycles. The van der Waals surface area contributed by atoms with Crippen molar-refractivity contribution in [3.8, 4) is 10.7 Å². The van der Waals surface area contributed by atoms with Crippen LogP contribution in [0.25, 0.3) is 10.7 Å². The zero-order valence-corrected chi connectivity index (χ0v) is 11.5. The van der Waals surface area contributed by atoms with Crippen molar-refractivity contribution in [3.05, 3.63) is 27.2 Å². The summed E-state index contributed by atoms with van der Waals surface area (Å²) in [6, 6.07) is 1.99. The standard InChI is InChI=1S/C11H12BrN3S/c1-3-8-6(2)10(13)15-11(14-8)9-7(12)4-5-16-9/h4-5H,3H2,1-2H3,(H2,13,14,15). The lowest BCUT2D eigenvalue weighted by molar-refractivity contribution is 0.984. The first-order chi connectivity index (χ1) is 7.63. The van der Waals surface area contributed by atoms with E-state index < -0.39 is 0 Å². The van der Waals surface area contributed by atoms with Crippen molar-refractivity contribution in [1.29, 1.82) is 0 Å². The zero-order valence-electron chi connectivity index (χ0n) is 9.12. The minimum absolute atomic E-state index is 0.571. The molecule has 0 atom stereocenters. The molecule has 2 aromatic heterocycles. The predicted octanol–water partition coefficient (Wildman–Crippen LogP) is 3.42. The van der Waals surface area contributed by atoms with E-state index in [9.17, 15) is 0 Å². The highest BCUT2D eigenvalue weighted by Gasteiger charge is 2.12. The van der Waals surface area contributed by atoms with Crippen molar-refractivity contribution >= 4 is 33.1 Å². The molecular weight excluding hydrogens is 286 g/mol. The molecule has 2 heterocycles. The van der Waals surface area contributed by atoms with Gasteiger partial charge in [0.25, 0.3) is 0 Å². The van der Waals surface area contributed by atoms with Crippen LogP contribution >= 0.6 is 27.3 Å². The smallest absolute Gasteiger partial charge is 0.173 e. The number of nitrogens with zero attached hydrogens (tertiary/aromatic N) is 2. The van der Waals surface area contributed by atoms with E-state index in [0.29, 0.717) is 11.6 Å². The molecule has 2 N–H and O–H groups in total. The first-order valence-corrected chi connectivity index (χ1v) is 6.67. The summed E-state index contributed by atoms with van der Waals surface area (Å²) in [5.74, 6) is 1.28. The van der Waals surface area contributed by atoms with Crippen LogP contribution in [0.4, 0.5) is 5.82 Å². The van der Waals surface area contributed by atoms with Gasteiger partial charge in [0.1, 0.15) is 5.82 Å². The van der Waals surface area contributed by atoms with E-state index in [1.807, 2.05) is 18.4 Å². The van der Waals surface area contributed by atoms with Gasteiger partial charge >= 0.3 is 0 Å². The van der Waals surface area contributed by atoms with E-state index in [4.69, 9.17) is 5.73 Å². The molecule has 3 nitrogen and oxygen atoms in total. The molecule has 2 aromatic rings. The average Bonchev–Trinajstić information content (AvgIpc) is 2.68. The van der Waals surface area contributed by atoms with E-state index in [-0.39, 0.29) is 0 Å². The lowest BCUT2D eigenvalue weighted by Gasteiger charge is -2.07. The number of aryl methyl sites for hydroxylation is 1. The summed E-state index contributed by atoms with van der Waals surface area (Å²) >= 11 is 5.09. The maximum absolute atomic E-state index is 5.89. The molecule has 0 bridgehead atoms. The fraction of sp³-hybridized carbons (Fsp3) is 0.273. The van der Waals surface area contributed by atoms with E-state index in [0.717, 1.165) is 27.0 Å². The van der Waals surface area contributed by atoms with Crippen LogP contribution in [0.1, 0.15) is 18.2 Å². The molecule has 0 aliphatic rings. The van der Waals surface area contributed by atoms with Crippen LogP contribution in [-0.4, -0.2) is 9.97 Å². The second-order valence-corrected chi connectivity index (χ2v) is 5.23. The van der Waals surface area contributed by atoms with Crippen LogP contribution in [0.2, 0.25) is 0 Å². The second kappa shape index (κ2) is 4.51. The van der Waals surface area contributed by atoms with Gasteiger partial charge in [0.2, 0.25) is 0 Å². The first-order valence-electron chi connectivity index (χ1n) is 4.99. The lowest BCUT2D eigenvalue weighted by Crippen LogP contribution is -2.03. The quantitative estimate of drug-likeness (QED) is 0.924. The van der Waals surface area contributed by atoms with Crippen molar-refractivity contribution in [1.82, 2.24) is 9.97 Å². The van der Waals surface area contributed by atoms with Gasteiger partial charge in [0.05, 0.1) is 4.88 Å². The van der Waals surface area contributed by atoms with Gasteiger partial charge in [-0.1, -0.05) is 6.92 Å². The Labute approximate surface area is 107 Å². The van der Waals surface area contributed by atoms with Crippen LogP contribution in [-0.2, 0) is 6.42 Å². The van der Waals surface area contributed by atoms with Gasteiger partial charge in [0.15, 0.2) is 5.82 Å². The Kier molecular flexibility index (Phi) is 3.25. The minimum atomic E-state index is 0.571. The summed E-state index contributed by atoms with van der Waals surface area (Å²) in [5.41, 5.74) is 7.89. The molecule has 0 amide bonds. The minimum Gasteiger partial charge on any atom is -0.383 e. The molecule has 0 saturated heterocycles. The number of anilines is 1. The summed E-state index contributed by atoms with van der Waals surface area (Å²) in [4.78, 5) is 9.91. The normalized spacial score (nSPS) is 10.7. The highest BCUT2D eigenvalue weighted by atomic mass is 79.9. The number of aromatic nitrogens is 2. The third-order valence-electron chi connectivity index (χ3n) is 2.44. The Hall–Kier alpha value is -0.940. The molecular formula is C11H12BrN3S. The van der Waals surface area contributed by atoms with E-state index >= 15 is 0 Å². The molecule has 0 fully saturated rings. The monoisotopic (exact) mass is 297 g/mol. The molecule has 5 heteroatoms. The van der Waals surface area contributed by atoms with Gasteiger partial charge in [-0.3, -0.25) is 0 Å². The number of hydrogen-bond acceptors (Lipinski definition) is 4. The molecule has 0 saturated carbocycles. The molecule has 0 unspecified atom stereocenters. The summed E-state index contributed by atoms with van der Waals surface area (Å²) in [6.45, 7) is 4.03. The maximum Gasteiger partial charge on any atom is 0.173 e. The highest BCUT2D eigenvalue weighted by molar-refractivity contribution is 9.10. The van der Waals surface area contributed by atoms with Crippen LogP contribution in [0.3, 0.4) is 0 Å². The topological polar surface area (TPSA) is 51.8 Å². The molecule has 2 rings (SSSR count). The van der Waals surface area contributed by atoms with Gasteiger partial charge in [-0.15, -0.1) is 11.3 Å². The maximum atomic E-state index is 5.89. The molecule has 84 valence electrons. The van der Waals surface area contributed by atoms with Crippen molar-refractivity contribution in [2.45, 2.75) is 20.3 Å². The van der Waals surface area contributed by atoms with Crippen LogP contribution < -0.4 is 5.73 Å². The average molecular weight is 298 g/mol. The lowest BCUT2D eigenvalue weighted by atomic mass is 10.2. The van der Waals surface area contributed by atoms with Gasteiger partial charge in [-0.2, -0.15) is 0 Å². The van der Waals surface area contributed by atoms with Gasteiger partial charge in [-0.05, 0) is 40.7 Å². The molecule has 0 aliphatic heterocycles. The third-order valence-corrected chi connectivity index (χ3v) is 4.27. The number of rotatable bonds is 2. The Morgan fingerprint density at radius 2 is 2.19 bits per heavy atom. The summed E-state index contributed by atoms with van der Waals surface area (Å²) < 4.78 is 1.02. The first kappa shape index (κ1) is 11.5. The largest absolute Gasteiger partial charge is 0.383 e. The fourth-order valence-corrected chi connectivity index (χ4v) is 2.96. The summed E-state index contributed by atoms with van der Waals surface area (Å²) in [5, 5.41) is 2.00. The summed E-state index contributed by atoms with van der Waals surface area (Å²) in [7, 11) is 0. The van der Waals surface area contributed by atoms with Crippen molar-refractivity contribution in [2.75, 3.05) is 5.73 Å².